The maximum absolute atomic E-state index is 5.44. The van der Waals surface area contributed by atoms with Crippen molar-refractivity contribution in [1.82, 2.24) is 20.5 Å². The number of nitrogens with one attached hydrogen (secondary N) is 2. The minimum Gasteiger partial charge on any atom is -0.497 e. The van der Waals surface area contributed by atoms with Crippen LogP contribution < -0.4 is 15.4 Å². The minimum absolute atomic E-state index is 0. The fraction of sp³-hybridized carbons (Fsp3) is 0.524. The predicted octanol–water partition coefficient (Wildman–Crippen LogP) is 3.89. The highest BCUT2D eigenvalue weighted by molar-refractivity contribution is 14.0. The molecule has 0 aliphatic carbocycles. The molecule has 6 nitrogen and oxygen atoms in total. The van der Waals surface area contributed by atoms with Gasteiger partial charge in [0.05, 0.1) is 30.4 Å². The van der Waals surface area contributed by atoms with Crippen LogP contribution in [0, 0.1) is 13.8 Å². The number of nitrogens with zero attached hydrogens (tertiary/aromatic N) is 3. The van der Waals surface area contributed by atoms with E-state index in [0.29, 0.717) is 6.04 Å². The molecule has 1 saturated heterocycles. The molecule has 0 radical (unpaired) electrons. The van der Waals surface area contributed by atoms with Gasteiger partial charge in [0.2, 0.25) is 0 Å². The maximum atomic E-state index is 5.44. The molecule has 3 rings (SSSR count). The first-order valence-corrected chi connectivity index (χ1v) is 10.7. The highest BCUT2D eigenvalue weighted by Gasteiger charge is 2.24. The zero-order valence-electron chi connectivity index (χ0n) is 17.7. The molecule has 2 N–H and O–H groups in total. The molecule has 0 amide bonds. The van der Waals surface area contributed by atoms with Crippen molar-refractivity contribution in [3.63, 3.8) is 0 Å². The lowest BCUT2D eigenvalue weighted by molar-refractivity contribution is 0.245. The van der Waals surface area contributed by atoms with Gasteiger partial charge in [0.1, 0.15) is 5.75 Å². The van der Waals surface area contributed by atoms with E-state index in [0.717, 1.165) is 48.6 Å². The summed E-state index contributed by atoms with van der Waals surface area (Å²) in [6.07, 6.45) is 2.52. The van der Waals surface area contributed by atoms with E-state index >= 15 is 0 Å². The largest absolute Gasteiger partial charge is 0.497 e. The van der Waals surface area contributed by atoms with Gasteiger partial charge in [-0.15, -0.1) is 35.3 Å². The lowest BCUT2D eigenvalue weighted by atomic mass is 10.1. The number of halogens is 1. The third kappa shape index (κ3) is 6.55. The van der Waals surface area contributed by atoms with Crippen LogP contribution in [0.2, 0.25) is 0 Å². The molecule has 2 heterocycles. The highest BCUT2D eigenvalue weighted by Crippen LogP contribution is 2.27. The number of likely N-dealkylation sites (tertiary alicyclic amines) is 1. The Bertz CT molecular complexity index is 804. The lowest BCUT2D eigenvalue weighted by Crippen LogP contribution is -2.42. The first kappa shape index (κ1) is 23.9. The van der Waals surface area contributed by atoms with Crippen molar-refractivity contribution < 1.29 is 4.74 Å². The zero-order chi connectivity index (χ0) is 19.9. The average Bonchev–Trinajstić information content (AvgIpc) is 3.34. The molecule has 0 bridgehead atoms. The van der Waals surface area contributed by atoms with Gasteiger partial charge >= 0.3 is 0 Å². The molecule has 1 aliphatic heterocycles. The summed E-state index contributed by atoms with van der Waals surface area (Å²) in [4.78, 5) is 12.7. The Labute approximate surface area is 195 Å². The van der Waals surface area contributed by atoms with Crippen LogP contribution >= 0.6 is 35.3 Å². The van der Waals surface area contributed by atoms with Crippen molar-refractivity contribution in [3.8, 4) is 5.75 Å². The van der Waals surface area contributed by atoms with Crippen LogP contribution in [0.15, 0.2) is 29.3 Å². The van der Waals surface area contributed by atoms with E-state index in [1.807, 2.05) is 20.0 Å². The van der Waals surface area contributed by atoms with Crippen molar-refractivity contribution >= 4 is 41.3 Å². The van der Waals surface area contributed by atoms with Gasteiger partial charge in [-0.05, 0) is 57.5 Å². The summed E-state index contributed by atoms with van der Waals surface area (Å²) < 4.78 is 5.44. The molecular weight excluding hydrogens is 497 g/mol. The topological polar surface area (TPSA) is 61.8 Å². The van der Waals surface area contributed by atoms with Crippen molar-refractivity contribution in [1.29, 1.82) is 0 Å². The smallest absolute Gasteiger partial charge is 0.191 e. The van der Waals surface area contributed by atoms with Gasteiger partial charge in [-0.3, -0.25) is 9.89 Å². The fourth-order valence-corrected chi connectivity index (χ4v) is 4.55. The summed E-state index contributed by atoms with van der Waals surface area (Å²) in [6.45, 7) is 7.91. The Morgan fingerprint density at radius 1 is 1.28 bits per heavy atom. The second-order valence-corrected chi connectivity index (χ2v) is 8.37. The van der Waals surface area contributed by atoms with E-state index in [1.54, 1.807) is 18.4 Å². The third-order valence-corrected chi connectivity index (χ3v) is 6.24. The quantitative estimate of drug-likeness (QED) is 0.324. The Balaban J connectivity index is 0.00000300. The van der Waals surface area contributed by atoms with E-state index in [9.17, 15) is 0 Å². The van der Waals surface area contributed by atoms with Crippen LogP contribution in [0.5, 0.6) is 5.75 Å². The summed E-state index contributed by atoms with van der Waals surface area (Å²) >= 11 is 1.73. The molecule has 29 heavy (non-hydrogen) atoms. The molecule has 1 atom stereocenters. The van der Waals surface area contributed by atoms with E-state index in [1.165, 1.54) is 23.3 Å². The predicted molar refractivity (Wildman–Crippen MR) is 132 cm³/mol. The van der Waals surface area contributed by atoms with Crippen molar-refractivity contribution in [2.45, 2.75) is 39.3 Å². The number of guanidine groups is 1. The van der Waals surface area contributed by atoms with Crippen molar-refractivity contribution in [2.24, 2.45) is 4.99 Å². The third-order valence-electron chi connectivity index (χ3n) is 5.16. The second-order valence-electron chi connectivity index (χ2n) is 7.08. The Morgan fingerprint density at radius 2 is 2.03 bits per heavy atom. The molecule has 160 valence electrons. The molecule has 8 heteroatoms. The maximum Gasteiger partial charge on any atom is 0.191 e. The SMILES string of the molecule is CN=C(NCc1sc(C)nc1C)NCC(c1cccc(OC)c1)N1CCCC1.I. The van der Waals surface area contributed by atoms with Crippen LogP contribution in [0.4, 0.5) is 0 Å². The molecule has 0 saturated carbocycles. The molecule has 1 aromatic heterocycles. The molecule has 1 aliphatic rings. The molecule has 1 unspecified atom stereocenters. The number of hydrogen-bond acceptors (Lipinski definition) is 5. The number of benzene rings is 1. The van der Waals surface area contributed by atoms with E-state index in [4.69, 9.17) is 4.74 Å². The second kappa shape index (κ2) is 11.7. The lowest BCUT2D eigenvalue weighted by Gasteiger charge is -2.29. The number of aliphatic imine (C=N–C) groups is 1. The van der Waals surface area contributed by atoms with Gasteiger partial charge < -0.3 is 15.4 Å². The Hall–Kier alpha value is -1.39. The molecule has 2 aromatic rings. The van der Waals surface area contributed by atoms with Crippen molar-refractivity contribution in [3.05, 3.63) is 45.4 Å². The first-order valence-electron chi connectivity index (χ1n) is 9.86. The molecule has 1 fully saturated rings. The monoisotopic (exact) mass is 529 g/mol. The molecule has 1 aromatic carbocycles. The number of hydrogen-bond donors (Lipinski definition) is 2. The first-order chi connectivity index (χ1) is 13.6. The van der Waals surface area contributed by atoms with Gasteiger partial charge in [-0.2, -0.15) is 0 Å². The van der Waals surface area contributed by atoms with Crippen molar-refractivity contribution in [2.75, 3.05) is 33.8 Å². The van der Waals surface area contributed by atoms with E-state index < -0.39 is 0 Å². The molecular formula is C21H32IN5OS. The van der Waals surface area contributed by atoms with Crippen LogP contribution in [-0.2, 0) is 6.54 Å². The van der Waals surface area contributed by atoms with E-state index in [2.05, 4.69) is 50.6 Å². The Kier molecular flexibility index (Phi) is 9.64. The van der Waals surface area contributed by atoms with Crippen LogP contribution in [-0.4, -0.2) is 49.6 Å². The summed E-state index contributed by atoms with van der Waals surface area (Å²) in [7, 11) is 3.54. The summed E-state index contributed by atoms with van der Waals surface area (Å²) in [5, 5.41) is 8.05. The summed E-state index contributed by atoms with van der Waals surface area (Å²) in [5.74, 6) is 1.72. The molecule has 0 spiro atoms. The van der Waals surface area contributed by atoms with Crippen LogP contribution in [0.1, 0.15) is 40.0 Å². The van der Waals surface area contributed by atoms with Gasteiger partial charge in [0.15, 0.2) is 5.96 Å². The summed E-state index contributed by atoms with van der Waals surface area (Å²) in [6, 6.07) is 8.69. The number of ether oxygens (including phenoxy) is 1. The number of aromatic nitrogens is 1. The van der Waals surface area contributed by atoms with E-state index in [-0.39, 0.29) is 24.0 Å². The fourth-order valence-electron chi connectivity index (χ4n) is 3.68. The normalized spacial score (nSPS) is 15.7. The van der Waals surface area contributed by atoms with Crippen LogP contribution in [0.25, 0.3) is 0 Å². The average molecular weight is 529 g/mol. The number of thiazole rings is 1. The van der Waals surface area contributed by atoms with Gasteiger partial charge in [-0.25, -0.2) is 4.98 Å². The number of rotatable bonds is 7. The summed E-state index contributed by atoms with van der Waals surface area (Å²) in [5.41, 5.74) is 2.37. The van der Waals surface area contributed by atoms with Gasteiger partial charge in [0, 0.05) is 18.5 Å². The number of methoxy groups -OCH3 is 1. The Morgan fingerprint density at radius 3 is 2.66 bits per heavy atom. The standard InChI is InChI=1S/C21H31N5OS.HI/c1-15-20(28-16(2)25-15)14-24-21(22-3)23-13-19(26-10-5-6-11-26)17-8-7-9-18(12-17)27-4;/h7-9,12,19H,5-6,10-11,13-14H2,1-4H3,(H2,22,23,24);1H. The van der Waals surface area contributed by atoms with Gasteiger partial charge in [-0.1, -0.05) is 12.1 Å². The van der Waals surface area contributed by atoms with Crippen LogP contribution in [0.3, 0.4) is 0 Å². The van der Waals surface area contributed by atoms with Gasteiger partial charge in [0.25, 0.3) is 0 Å². The zero-order valence-corrected chi connectivity index (χ0v) is 20.8. The highest BCUT2D eigenvalue weighted by atomic mass is 127. The minimum atomic E-state index is 0. The number of aryl methyl sites for hydroxylation is 2.